The predicted molar refractivity (Wildman–Crippen MR) is 138 cm³/mol. The monoisotopic (exact) mass is 470 g/mol. The summed E-state index contributed by atoms with van der Waals surface area (Å²) in [7, 11) is 0. The highest BCUT2D eigenvalue weighted by atomic mass is 32.2. The summed E-state index contributed by atoms with van der Waals surface area (Å²) in [6.07, 6.45) is 20.6. The topological polar surface area (TPSA) is 26.3 Å². The van der Waals surface area contributed by atoms with Gasteiger partial charge >= 0.3 is 5.97 Å². The van der Waals surface area contributed by atoms with E-state index in [1.807, 2.05) is 13.8 Å². The Bertz CT molecular complexity index is 559. The Morgan fingerprint density at radius 3 is 2.20 bits per heavy atom. The van der Waals surface area contributed by atoms with Gasteiger partial charge in [-0.1, -0.05) is 101 Å². The number of carbonyl (C=O) groups excluding carboxylic acids is 1. The van der Waals surface area contributed by atoms with Crippen LogP contribution >= 0.6 is 35.7 Å². The molecule has 0 N–H and O–H groups in total. The van der Waals surface area contributed by atoms with E-state index >= 15 is 0 Å². The van der Waals surface area contributed by atoms with Crippen LogP contribution in [0.2, 0.25) is 0 Å². The Hall–Kier alpha value is -0.000000000000000111. The van der Waals surface area contributed by atoms with Gasteiger partial charge in [-0.05, 0) is 56.6 Å². The van der Waals surface area contributed by atoms with Crippen molar-refractivity contribution < 1.29 is 9.53 Å². The zero-order chi connectivity index (χ0) is 21.8. The van der Waals surface area contributed by atoms with Crippen molar-refractivity contribution in [2.24, 2.45) is 17.8 Å². The van der Waals surface area contributed by atoms with Crippen LogP contribution in [0.5, 0.6) is 0 Å². The zero-order valence-electron chi connectivity index (χ0n) is 19.3. The van der Waals surface area contributed by atoms with Crippen molar-refractivity contribution >= 4 is 45.2 Å². The normalized spacial score (nSPS) is 22.6. The number of fused-ring (bicyclic) bond motifs is 2. The van der Waals surface area contributed by atoms with E-state index < -0.39 is 4.75 Å². The smallest absolute Gasteiger partial charge is 0.322 e. The maximum absolute atomic E-state index is 12.6. The van der Waals surface area contributed by atoms with Crippen LogP contribution in [-0.2, 0) is 9.53 Å². The lowest BCUT2D eigenvalue weighted by atomic mass is 9.94. The second-order valence-corrected chi connectivity index (χ2v) is 13.5. The van der Waals surface area contributed by atoms with Crippen molar-refractivity contribution in [3.63, 3.8) is 0 Å². The molecule has 0 aromatic heterocycles. The third-order valence-corrected chi connectivity index (χ3v) is 9.17. The van der Waals surface area contributed by atoms with Gasteiger partial charge in [0.15, 0.2) is 0 Å². The minimum absolute atomic E-state index is 0.124. The summed E-state index contributed by atoms with van der Waals surface area (Å²) in [5, 5.41) is 0. The molecule has 0 heterocycles. The first kappa shape index (κ1) is 26.3. The Morgan fingerprint density at radius 2 is 1.63 bits per heavy atom. The summed E-state index contributed by atoms with van der Waals surface area (Å²) in [5.74, 6) is 2.79. The van der Waals surface area contributed by atoms with E-state index in [2.05, 4.69) is 19.1 Å². The lowest BCUT2D eigenvalue weighted by Crippen LogP contribution is -2.32. The fraction of sp³-hybridized carbons (Fsp3) is 0.840. The maximum Gasteiger partial charge on any atom is 0.322 e. The van der Waals surface area contributed by atoms with E-state index in [1.165, 1.54) is 88.8 Å². The molecule has 0 spiro atoms. The standard InChI is InChI=1S/C25H42O2S3/c1-4-5-6-7-8-9-10-11-12-13-16-29-24(28)30-25(2,3)23(26)27-19-22-18-20-14-15-21(22)17-20/h14-15,20-22H,4-13,16-19H2,1-3H3. The molecule has 1 fully saturated rings. The quantitative estimate of drug-likeness (QED) is 0.104. The van der Waals surface area contributed by atoms with Crippen LogP contribution in [0.3, 0.4) is 0 Å². The first-order valence-electron chi connectivity index (χ1n) is 12.1. The van der Waals surface area contributed by atoms with E-state index in [-0.39, 0.29) is 5.97 Å². The molecule has 2 bridgehead atoms. The molecule has 172 valence electrons. The van der Waals surface area contributed by atoms with Gasteiger partial charge in [-0.15, -0.1) is 11.8 Å². The highest BCUT2D eigenvalue weighted by molar-refractivity contribution is 8.47. The molecule has 0 aliphatic heterocycles. The summed E-state index contributed by atoms with van der Waals surface area (Å²) in [5.41, 5.74) is 0. The molecule has 0 radical (unpaired) electrons. The summed E-state index contributed by atoms with van der Waals surface area (Å²) in [6, 6.07) is 0. The van der Waals surface area contributed by atoms with E-state index in [1.54, 1.807) is 11.8 Å². The first-order chi connectivity index (χ1) is 14.4. The number of allylic oxidation sites excluding steroid dienone is 2. The molecule has 2 aliphatic carbocycles. The SMILES string of the molecule is CCCCCCCCCCCCSC(=S)SC(C)(C)C(=O)OCC1CC2C=CC1C2. The van der Waals surface area contributed by atoms with Gasteiger partial charge < -0.3 is 4.74 Å². The van der Waals surface area contributed by atoms with E-state index in [4.69, 9.17) is 17.0 Å². The minimum Gasteiger partial charge on any atom is -0.464 e. The van der Waals surface area contributed by atoms with Crippen molar-refractivity contribution in [1.82, 2.24) is 0 Å². The number of hydrogen-bond donors (Lipinski definition) is 0. The number of thioether (sulfide) groups is 2. The third kappa shape index (κ3) is 9.65. The fourth-order valence-corrected chi connectivity index (χ4v) is 7.53. The summed E-state index contributed by atoms with van der Waals surface area (Å²) >= 11 is 8.76. The van der Waals surface area contributed by atoms with Gasteiger partial charge in [0, 0.05) is 0 Å². The molecule has 0 aromatic carbocycles. The number of carbonyl (C=O) groups is 1. The van der Waals surface area contributed by atoms with Crippen LogP contribution in [0.25, 0.3) is 0 Å². The fourth-order valence-electron chi connectivity index (χ4n) is 4.47. The second kappa shape index (κ2) is 14.2. The van der Waals surface area contributed by atoms with Gasteiger partial charge in [0.25, 0.3) is 0 Å². The van der Waals surface area contributed by atoms with Crippen LogP contribution in [0.1, 0.15) is 97.8 Å². The van der Waals surface area contributed by atoms with Gasteiger partial charge in [-0.25, -0.2) is 0 Å². The number of ether oxygens (including phenoxy) is 1. The highest BCUT2D eigenvalue weighted by Gasteiger charge is 2.38. The predicted octanol–water partition coefficient (Wildman–Crippen LogP) is 8.19. The average molecular weight is 471 g/mol. The lowest BCUT2D eigenvalue weighted by Gasteiger charge is -2.24. The molecular weight excluding hydrogens is 428 g/mol. The Balaban J connectivity index is 1.48. The van der Waals surface area contributed by atoms with Gasteiger partial charge in [-0.2, -0.15) is 0 Å². The zero-order valence-corrected chi connectivity index (χ0v) is 21.8. The molecule has 2 nitrogen and oxygen atoms in total. The number of unbranched alkanes of at least 4 members (excludes halogenated alkanes) is 9. The first-order valence-corrected chi connectivity index (χ1v) is 14.3. The van der Waals surface area contributed by atoms with Crippen molar-refractivity contribution in [2.75, 3.05) is 12.4 Å². The third-order valence-electron chi connectivity index (χ3n) is 6.39. The molecule has 5 heteroatoms. The molecule has 2 aliphatic rings. The number of rotatable bonds is 15. The van der Waals surface area contributed by atoms with E-state index in [9.17, 15) is 4.79 Å². The summed E-state index contributed by atoms with van der Waals surface area (Å²) in [6.45, 7) is 6.71. The number of hydrogen-bond acceptors (Lipinski definition) is 5. The van der Waals surface area contributed by atoms with Gasteiger partial charge in [0.1, 0.15) is 8.28 Å². The molecule has 1 saturated carbocycles. The minimum atomic E-state index is -0.602. The molecule has 3 atom stereocenters. The van der Waals surface area contributed by atoms with Crippen molar-refractivity contribution in [3.8, 4) is 0 Å². The average Bonchev–Trinajstić information content (AvgIpc) is 3.33. The highest BCUT2D eigenvalue weighted by Crippen LogP contribution is 2.43. The van der Waals surface area contributed by atoms with Gasteiger partial charge in [0.2, 0.25) is 0 Å². The molecule has 3 unspecified atom stereocenters. The number of esters is 1. The van der Waals surface area contributed by atoms with Crippen LogP contribution < -0.4 is 0 Å². The van der Waals surface area contributed by atoms with Crippen LogP contribution in [-0.4, -0.2) is 26.6 Å². The summed E-state index contributed by atoms with van der Waals surface area (Å²) < 4.78 is 5.96. The molecule has 0 amide bonds. The van der Waals surface area contributed by atoms with Gasteiger partial charge in [-0.3, -0.25) is 4.79 Å². The Kier molecular flexibility index (Phi) is 12.4. The van der Waals surface area contributed by atoms with E-state index in [0.29, 0.717) is 18.4 Å². The van der Waals surface area contributed by atoms with Crippen molar-refractivity contribution in [3.05, 3.63) is 12.2 Å². The van der Waals surface area contributed by atoms with Gasteiger partial charge in [0.05, 0.1) is 6.61 Å². The molecule has 30 heavy (non-hydrogen) atoms. The second-order valence-electron chi connectivity index (χ2n) is 9.53. The molecule has 0 aromatic rings. The van der Waals surface area contributed by atoms with E-state index in [0.717, 1.165) is 15.2 Å². The van der Waals surface area contributed by atoms with Crippen LogP contribution in [0.15, 0.2) is 12.2 Å². The van der Waals surface area contributed by atoms with Crippen LogP contribution in [0.4, 0.5) is 0 Å². The van der Waals surface area contributed by atoms with Crippen molar-refractivity contribution in [1.29, 1.82) is 0 Å². The van der Waals surface area contributed by atoms with Crippen molar-refractivity contribution in [2.45, 2.75) is 103 Å². The largest absolute Gasteiger partial charge is 0.464 e. The lowest BCUT2D eigenvalue weighted by molar-refractivity contribution is -0.147. The maximum atomic E-state index is 12.6. The number of thiocarbonyl (C=S) groups is 1. The van der Waals surface area contributed by atoms with Crippen LogP contribution in [0, 0.1) is 17.8 Å². The Labute approximate surface area is 199 Å². The molecule has 2 rings (SSSR count). The Morgan fingerprint density at radius 1 is 1.00 bits per heavy atom. The summed E-state index contributed by atoms with van der Waals surface area (Å²) in [4.78, 5) is 12.6. The molecular formula is C25H42O2S3. The molecule has 0 saturated heterocycles.